The molecule has 114 valence electrons. The number of nitrogens with one attached hydrogen (secondary N) is 2. The summed E-state index contributed by atoms with van der Waals surface area (Å²) in [5.74, 6) is 3.27. The molecule has 1 fully saturated rings. The number of nitrogens with zero attached hydrogens (tertiary/aromatic N) is 2. The summed E-state index contributed by atoms with van der Waals surface area (Å²) in [7, 11) is 1.80. The van der Waals surface area contributed by atoms with E-state index in [1.165, 1.54) is 18.6 Å². The van der Waals surface area contributed by atoms with Crippen molar-refractivity contribution in [2.24, 2.45) is 4.99 Å². The Morgan fingerprint density at radius 2 is 2.19 bits per heavy atom. The van der Waals surface area contributed by atoms with Crippen molar-refractivity contribution in [2.75, 3.05) is 18.6 Å². The highest BCUT2D eigenvalue weighted by Gasteiger charge is 2.14. The minimum Gasteiger partial charge on any atom is -0.353 e. The van der Waals surface area contributed by atoms with Gasteiger partial charge in [0.2, 0.25) is 0 Å². The van der Waals surface area contributed by atoms with Gasteiger partial charge < -0.3 is 10.6 Å². The van der Waals surface area contributed by atoms with E-state index in [1.807, 2.05) is 36.0 Å². The zero-order valence-electron chi connectivity index (χ0n) is 12.1. The molecule has 1 aliphatic rings. The summed E-state index contributed by atoms with van der Waals surface area (Å²) < 4.78 is 0. The van der Waals surface area contributed by atoms with Crippen molar-refractivity contribution in [3.8, 4) is 6.07 Å². The van der Waals surface area contributed by atoms with Crippen molar-refractivity contribution in [3.05, 3.63) is 35.4 Å². The summed E-state index contributed by atoms with van der Waals surface area (Å²) in [6, 6.07) is 10.3. The topological polar surface area (TPSA) is 60.2 Å². The van der Waals surface area contributed by atoms with Gasteiger partial charge in [-0.25, -0.2) is 0 Å². The van der Waals surface area contributed by atoms with E-state index in [0.717, 1.165) is 17.3 Å². The average Bonchev–Trinajstić information content (AvgIpc) is 2.53. The minimum atomic E-state index is 0. The summed E-state index contributed by atoms with van der Waals surface area (Å²) in [5, 5.41) is 15.6. The molecule has 0 bridgehead atoms. The summed E-state index contributed by atoms with van der Waals surface area (Å²) in [4.78, 5) is 4.26. The molecule has 1 aromatic carbocycles. The van der Waals surface area contributed by atoms with Crippen molar-refractivity contribution >= 4 is 41.7 Å². The number of aliphatic imine (C=N–C) groups is 1. The van der Waals surface area contributed by atoms with E-state index in [-0.39, 0.29) is 24.0 Å². The fourth-order valence-corrected chi connectivity index (χ4v) is 3.20. The number of rotatable bonds is 3. The fourth-order valence-electron chi connectivity index (χ4n) is 2.13. The van der Waals surface area contributed by atoms with E-state index >= 15 is 0 Å². The second kappa shape index (κ2) is 9.90. The van der Waals surface area contributed by atoms with E-state index in [2.05, 4.69) is 21.7 Å². The molecular formula is C15H21IN4S. The fraction of sp³-hybridized carbons (Fsp3) is 0.467. The van der Waals surface area contributed by atoms with Crippen LogP contribution in [0.5, 0.6) is 0 Å². The van der Waals surface area contributed by atoms with Gasteiger partial charge in [0.05, 0.1) is 11.6 Å². The van der Waals surface area contributed by atoms with Crippen molar-refractivity contribution in [1.29, 1.82) is 5.26 Å². The predicted octanol–water partition coefficient (Wildman–Crippen LogP) is 2.74. The second-order valence-corrected chi connectivity index (χ2v) is 5.94. The van der Waals surface area contributed by atoms with Crippen LogP contribution in [-0.4, -0.2) is 30.6 Å². The van der Waals surface area contributed by atoms with E-state index in [1.54, 1.807) is 7.05 Å². The molecule has 0 aliphatic carbocycles. The van der Waals surface area contributed by atoms with Crippen molar-refractivity contribution in [3.63, 3.8) is 0 Å². The number of benzene rings is 1. The van der Waals surface area contributed by atoms with E-state index in [0.29, 0.717) is 18.2 Å². The Balaban J connectivity index is 0.00000220. The second-order valence-electron chi connectivity index (χ2n) is 4.79. The Kier molecular flexibility index (Phi) is 8.54. The molecule has 0 amide bonds. The number of guanidine groups is 1. The number of hydrogen-bond donors (Lipinski definition) is 2. The summed E-state index contributed by atoms with van der Waals surface area (Å²) in [6.07, 6.45) is 2.49. The summed E-state index contributed by atoms with van der Waals surface area (Å²) >= 11 is 2.00. The Morgan fingerprint density at radius 3 is 2.76 bits per heavy atom. The average molecular weight is 416 g/mol. The number of nitriles is 1. The molecule has 0 radical (unpaired) electrons. The van der Waals surface area contributed by atoms with Crippen molar-refractivity contribution in [1.82, 2.24) is 10.6 Å². The SMILES string of the molecule is CN=C(NCc1ccc(C#N)cc1)NC1CCCSC1.I. The van der Waals surface area contributed by atoms with E-state index in [9.17, 15) is 0 Å². The van der Waals surface area contributed by atoms with Crippen molar-refractivity contribution < 1.29 is 0 Å². The third-order valence-corrected chi connectivity index (χ3v) is 4.48. The molecule has 2 rings (SSSR count). The first-order chi connectivity index (χ1) is 9.81. The first kappa shape index (κ1) is 18.1. The number of hydrogen-bond acceptors (Lipinski definition) is 3. The Bertz CT molecular complexity index is 489. The summed E-state index contributed by atoms with van der Waals surface area (Å²) in [6.45, 7) is 0.714. The molecule has 0 aromatic heterocycles. The molecule has 1 atom stereocenters. The third-order valence-electron chi connectivity index (χ3n) is 3.27. The normalized spacial score (nSPS) is 18.3. The predicted molar refractivity (Wildman–Crippen MR) is 100 cm³/mol. The van der Waals surface area contributed by atoms with Gasteiger partial charge in [0.25, 0.3) is 0 Å². The van der Waals surface area contributed by atoms with Gasteiger partial charge >= 0.3 is 0 Å². The largest absolute Gasteiger partial charge is 0.353 e. The Hall–Kier alpha value is -0.940. The number of halogens is 1. The lowest BCUT2D eigenvalue weighted by Crippen LogP contribution is -2.45. The molecule has 1 heterocycles. The van der Waals surface area contributed by atoms with Gasteiger partial charge in [-0.05, 0) is 36.3 Å². The summed E-state index contributed by atoms with van der Waals surface area (Å²) in [5.41, 5.74) is 1.83. The zero-order valence-corrected chi connectivity index (χ0v) is 15.3. The van der Waals surface area contributed by atoms with Crippen LogP contribution in [0.1, 0.15) is 24.0 Å². The standard InChI is InChI=1S/C15H20N4S.HI/c1-17-15(19-14-3-2-8-20-11-14)18-10-13-6-4-12(9-16)5-7-13;/h4-7,14H,2-3,8,10-11H2,1H3,(H2,17,18,19);1H. The van der Waals surface area contributed by atoms with Crippen LogP contribution in [0.25, 0.3) is 0 Å². The molecule has 1 saturated heterocycles. The minimum absolute atomic E-state index is 0. The quantitative estimate of drug-likeness (QED) is 0.452. The Morgan fingerprint density at radius 1 is 1.43 bits per heavy atom. The smallest absolute Gasteiger partial charge is 0.191 e. The van der Waals surface area contributed by atoms with Crippen LogP contribution in [0.3, 0.4) is 0 Å². The molecule has 1 aromatic rings. The van der Waals surface area contributed by atoms with Crippen LogP contribution >= 0.6 is 35.7 Å². The lowest BCUT2D eigenvalue weighted by Gasteiger charge is -2.24. The first-order valence-electron chi connectivity index (χ1n) is 6.86. The van der Waals surface area contributed by atoms with Crippen LogP contribution in [0, 0.1) is 11.3 Å². The van der Waals surface area contributed by atoms with Gasteiger partial charge in [0.1, 0.15) is 0 Å². The van der Waals surface area contributed by atoms with Gasteiger partial charge in [-0.2, -0.15) is 17.0 Å². The lowest BCUT2D eigenvalue weighted by molar-refractivity contribution is 0.582. The lowest BCUT2D eigenvalue weighted by atomic mass is 10.1. The molecule has 4 nitrogen and oxygen atoms in total. The molecular weight excluding hydrogens is 395 g/mol. The number of thioether (sulfide) groups is 1. The molecule has 21 heavy (non-hydrogen) atoms. The maximum atomic E-state index is 8.77. The van der Waals surface area contributed by atoms with Gasteiger partial charge in [0.15, 0.2) is 5.96 Å². The van der Waals surface area contributed by atoms with Gasteiger partial charge in [-0.1, -0.05) is 12.1 Å². The molecule has 1 aliphatic heterocycles. The van der Waals surface area contributed by atoms with Crippen LogP contribution in [0.15, 0.2) is 29.3 Å². The maximum Gasteiger partial charge on any atom is 0.191 e. The Labute approximate surface area is 147 Å². The van der Waals surface area contributed by atoms with Crippen LogP contribution in [0.2, 0.25) is 0 Å². The monoisotopic (exact) mass is 416 g/mol. The van der Waals surface area contributed by atoms with E-state index in [4.69, 9.17) is 5.26 Å². The molecule has 6 heteroatoms. The van der Waals surface area contributed by atoms with Crippen LogP contribution < -0.4 is 10.6 Å². The van der Waals surface area contributed by atoms with E-state index < -0.39 is 0 Å². The third kappa shape index (κ3) is 6.14. The van der Waals surface area contributed by atoms with Crippen LogP contribution in [0.4, 0.5) is 0 Å². The van der Waals surface area contributed by atoms with Crippen molar-refractivity contribution in [2.45, 2.75) is 25.4 Å². The highest BCUT2D eigenvalue weighted by atomic mass is 127. The molecule has 0 spiro atoms. The highest BCUT2D eigenvalue weighted by Crippen LogP contribution is 2.16. The van der Waals surface area contributed by atoms with Gasteiger partial charge in [-0.15, -0.1) is 24.0 Å². The molecule has 2 N–H and O–H groups in total. The molecule has 0 saturated carbocycles. The zero-order chi connectivity index (χ0) is 14.2. The maximum absolute atomic E-state index is 8.77. The van der Waals surface area contributed by atoms with Gasteiger partial charge in [0, 0.05) is 25.4 Å². The van der Waals surface area contributed by atoms with Gasteiger partial charge in [-0.3, -0.25) is 4.99 Å². The highest BCUT2D eigenvalue weighted by molar-refractivity contribution is 14.0. The molecule has 1 unspecified atom stereocenters. The van der Waals surface area contributed by atoms with Crippen LogP contribution in [-0.2, 0) is 6.54 Å². The first-order valence-corrected chi connectivity index (χ1v) is 8.01.